The summed E-state index contributed by atoms with van der Waals surface area (Å²) in [6.45, 7) is 8.52. The molecule has 4 aliphatic rings. The van der Waals surface area contributed by atoms with E-state index in [1.54, 1.807) is 20.8 Å². The first-order valence-electron chi connectivity index (χ1n) is 13.0. The number of fused-ring (bicyclic) bond motifs is 5. The number of aliphatic hydroxyl groups excluding tert-OH is 4. The monoisotopic (exact) mass is 496 g/mol. The Hall–Kier alpha value is -0.870. The van der Waals surface area contributed by atoms with Gasteiger partial charge in [-0.3, -0.25) is 4.79 Å². The van der Waals surface area contributed by atoms with Crippen molar-refractivity contribution in [1.82, 2.24) is 0 Å². The van der Waals surface area contributed by atoms with Crippen LogP contribution in [0.1, 0.15) is 79.6 Å². The molecule has 35 heavy (non-hydrogen) atoms. The molecule has 0 heterocycles. The summed E-state index contributed by atoms with van der Waals surface area (Å²) in [7, 11) is 0. The first-order chi connectivity index (χ1) is 15.9. The van der Waals surface area contributed by atoms with Crippen molar-refractivity contribution >= 4 is 5.78 Å². The number of aliphatic hydroxyl groups is 7. The molecule has 0 unspecified atom stereocenters. The number of allylic oxidation sites excluding steroid dienone is 1. The zero-order chi connectivity index (χ0) is 26.4. The van der Waals surface area contributed by atoms with E-state index in [0.717, 1.165) is 0 Å². The lowest BCUT2D eigenvalue weighted by Crippen LogP contribution is -2.66. The Balaban J connectivity index is 1.71. The second kappa shape index (κ2) is 8.32. The van der Waals surface area contributed by atoms with Gasteiger partial charge in [-0.05, 0) is 88.7 Å². The summed E-state index contributed by atoms with van der Waals surface area (Å²) in [5.41, 5.74) is -5.42. The van der Waals surface area contributed by atoms with Crippen LogP contribution in [-0.4, -0.2) is 82.7 Å². The molecule has 0 radical (unpaired) electrons. The largest absolute Gasteiger partial charge is 0.392 e. The Labute approximate surface area is 207 Å². The van der Waals surface area contributed by atoms with Crippen LogP contribution in [0.3, 0.4) is 0 Å². The van der Waals surface area contributed by atoms with E-state index >= 15 is 0 Å². The molecule has 4 aliphatic carbocycles. The maximum Gasteiger partial charge on any atom is 0.159 e. The van der Waals surface area contributed by atoms with Crippen LogP contribution in [-0.2, 0) is 4.79 Å². The average Bonchev–Trinajstić information content (AvgIpc) is 2.99. The molecule has 0 aliphatic heterocycles. The van der Waals surface area contributed by atoms with Gasteiger partial charge in [0.15, 0.2) is 5.78 Å². The zero-order valence-corrected chi connectivity index (χ0v) is 21.6. The Morgan fingerprint density at radius 2 is 1.69 bits per heavy atom. The van der Waals surface area contributed by atoms with Gasteiger partial charge in [0.2, 0.25) is 0 Å². The molecule has 0 aromatic heterocycles. The van der Waals surface area contributed by atoms with Gasteiger partial charge in [-0.25, -0.2) is 0 Å². The molecule has 0 saturated heterocycles. The fourth-order valence-corrected chi connectivity index (χ4v) is 8.44. The molecule has 200 valence electrons. The lowest BCUT2D eigenvalue weighted by Gasteiger charge is -2.62. The minimum Gasteiger partial charge on any atom is -0.392 e. The number of hydrogen-bond donors (Lipinski definition) is 7. The second-order valence-corrected chi connectivity index (χ2v) is 13.3. The standard InChI is InChI=1S/C27H44O8/c1-23(2,33)8-7-21(32)26(5,34)20-6-9-27(35)15-11-16(28)14-10-17(29)18(30)12-24(14,3)22(15)19(31)13-25(20,27)4/h11,14,17-22,29-35H,6-10,12-13H2,1-5H3/t14-,17+,18-,19+,20-,21+,22+,24-,25+,26+,27-/m0/s1. The summed E-state index contributed by atoms with van der Waals surface area (Å²) < 4.78 is 0. The maximum atomic E-state index is 13.3. The second-order valence-electron chi connectivity index (χ2n) is 13.3. The van der Waals surface area contributed by atoms with Crippen molar-refractivity contribution in [2.24, 2.45) is 28.6 Å². The molecule has 0 spiro atoms. The molecular formula is C27H44O8. The molecule has 8 nitrogen and oxygen atoms in total. The van der Waals surface area contributed by atoms with E-state index in [4.69, 9.17) is 0 Å². The third-order valence-corrected chi connectivity index (χ3v) is 10.5. The third-order valence-electron chi connectivity index (χ3n) is 10.5. The summed E-state index contributed by atoms with van der Waals surface area (Å²) >= 11 is 0. The Bertz CT molecular complexity index is 892. The van der Waals surface area contributed by atoms with Crippen LogP contribution >= 0.6 is 0 Å². The lowest BCUT2D eigenvalue weighted by atomic mass is 9.45. The molecule has 0 bridgehead atoms. The molecule has 0 aromatic rings. The fraction of sp³-hybridized carbons (Fsp3) is 0.889. The Kier molecular flexibility index (Phi) is 6.46. The van der Waals surface area contributed by atoms with E-state index in [1.807, 2.05) is 13.8 Å². The third kappa shape index (κ3) is 3.95. The predicted octanol–water partition coefficient (Wildman–Crippen LogP) is 0.825. The minimum absolute atomic E-state index is 0.115. The highest BCUT2D eigenvalue weighted by atomic mass is 16.3. The smallest absolute Gasteiger partial charge is 0.159 e. The highest BCUT2D eigenvalue weighted by Gasteiger charge is 2.71. The van der Waals surface area contributed by atoms with Gasteiger partial charge in [-0.1, -0.05) is 13.8 Å². The highest BCUT2D eigenvalue weighted by Crippen LogP contribution is 2.68. The van der Waals surface area contributed by atoms with Gasteiger partial charge >= 0.3 is 0 Å². The quantitative estimate of drug-likeness (QED) is 0.295. The summed E-state index contributed by atoms with van der Waals surface area (Å²) in [4.78, 5) is 13.3. The van der Waals surface area contributed by atoms with Crippen LogP contribution in [0.25, 0.3) is 0 Å². The van der Waals surface area contributed by atoms with Gasteiger partial charge in [-0.2, -0.15) is 0 Å². The molecule has 11 atom stereocenters. The van der Waals surface area contributed by atoms with Gasteiger partial charge < -0.3 is 35.7 Å². The van der Waals surface area contributed by atoms with E-state index < -0.39 is 69.8 Å². The minimum atomic E-state index is -1.59. The van der Waals surface area contributed by atoms with Crippen molar-refractivity contribution in [3.8, 4) is 0 Å². The Morgan fingerprint density at radius 3 is 2.29 bits per heavy atom. The van der Waals surface area contributed by atoms with Gasteiger partial charge in [0.25, 0.3) is 0 Å². The van der Waals surface area contributed by atoms with E-state index in [-0.39, 0.29) is 44.3 Å². The van der Waals surface area contributed by atoms with Crippen molar-refractivity contribution in [2.45, 2.75) is 121 Å². The van der Waals surface area contributed by atoms with E-state index in [9.17, 15) is 40.5 Å². The molecular weight excluding hydrogens is 452 g/mol. The van der Waals surface area contributed by atoms with Crippen molar-refractivity contribution in [3.05, 3.63) is 11.6 Å². The van der Waals surface area contributed by atoms with Crippen LogP contribution in [0.5, 0.6) is 0 Å². The fourth-order valence-electron chi connectivity index (χ4n) is 8.44. The number of hydrogen-bond acceptors (Lipinski definition) is 8. The lowest BCUT2D eigenvalue weighted by molar-refractivity contribution is -0.197. The van der Waals surface area contributed by atoms with Gasteiger partial charge in [0.05, 0.1) is 41.2 Å². The van der Waals surface area contributed by atoms with E-state index in [1.165, 1.54) is 6.08 Å². The van der Waals surface area contributed by atoms with Crippen LogP contribution in [0, 0.1) is 28.6 Å². The number of carbonyl (C=O) groups excluding carboxylic acids is 1. The summed E-state index contributed by atoms with van der Waals surface area (Å²) in [6, 6.07) is 0. The summed E-state index contributed by atoms with van der Waals surface area (Å²) in [6.07, 6.45) is -1.08. The van der Waals surface area contributed by atoms with E-state index in [2.05, 4.69) is 0 Å². The van der Waals surface area contributed by atoms with Gasteiger partial charge in [-0.15, -0.1) is 0 Å². The molecule has 4 rings (SSSR count). The average molecular weight is 497 g/mol. The zero-order valence-electron chi connectivity index (χ0n) is 21.6. The van der Waals surface area contributed by atoms with Crippen LogP contribution in [0.2, 0.25) is 0 Å². The van der Waals surface area contributed by atoms with Crippen LogP contribution in [0.4, 0.5) is 0 Å². The first-order valence-corrected chi connectivity index (χ1v) is 13.0. The van der Waals surface area contributed by atoms with Gasteiger partial charge in [0, 0.05) is 17.3 Å². The first kappa shape index (κ1) is 27.2. The molecule has 3 fully saturated rings. The Morgan fingerprint density at radius 1 is 1.06 bits per heavy atom. The molecule has 0 aromatic carbocycles. The van der Waals surface area contributed by atoms with Crippen LogP contribution < -0.4 is 0 Å². The SMILES string of the molecule is CC(C)(O)CC[C@@H](O)[C@](C)(O)[C@H]1CC[C@]2(O)C3=CC(=O)[C@@H]4C[C@@H](O)[C@@H](O)C[C@]4(C)[C@H]3[C@H](O)C[C@]12C. The maximum absolute atomic E-state index is 13.3. The molecule has 7 N–H and O–H groups in total. The van der Waals surface area contributed by atoms with Crippen LogP contribution in [0.15, 0.2) is 11.6 Å². The topological polar surface area (TPSA) is 159 Å². The number of carbonyl (C=O) groups is 1. The molecule has 0 amide bonds. The highest BCUT2D eigenvalue weighted by molar-refractivity contribution is 5.95. The molecule has 3 saturated carbocycles. The van der Waals surface area contributed by atoms with Crippen molar-refractivity contribution in [1.29, 1.82) is 0 Å². The number of ketones is 1. The predicted molar refractivity (Wildman–Crippen MR) is 128 cm³/mol. The number of rotatable bonds is 5. The van der Waals surface area contributed by atoms with Crippen molar-refractivity contribution in [2.75, 3.05) is 0 Å². The van der Waals surface area contributed by atoms with Gasteiger partial charge in [0.1, 0.15) is 0 Å². The van der Waals surface area contributed by atoms with Crippen molar-refractivity contribution < 1.29 is 40.5 Å². The van der Waals surface area contributed by atoms with E-state index in [0.29, 0.717) is 12.0 Å². The normalized spacial score (nSPS) is 48.3. The summed E-state index contributed by atoms with van der Waals surface area (Å²) in [5.74, 6) is -1.89. The summed E-state index contributed by atoms with van der Waals surface area (Å²) in [5, 5.41) is 77.0. The van der Waals surface area contributed by atoms with Crippen molar-refractivity contribution in [3.63, 3.8) is 0 Å². The molecule has 8 heteroatoms.